The summed E-state index contributed by atoms with van der Waals surface area (Å²) < 4.78 is 0. The molecule has 2 N–H and O–H groups in total. The van der Waals surface area contributed by atoms with Crippen LogP contribution in [0.25, 0.3) is 0 Å². The summed E-state index contributed by atoms with van der Waals surface area (Å²) in [4.78, 5) is 20.3. The Morgan fingerprint density at radius 3 is 2.52 bits per heavy atom. The van der Waals surface area contributed by atoms with Crippen LogP contribution in [0.3, 0.4) is 0 Å². The standard InChI is InChI=1S/C12H17N3O5S/c1-12(16,8-21-2)7-13-6-9-3-4-10(14(17)18)5-11(9)15(19)20/h3-5,13,16H,6-8H2,1-2H3. The van der Waals surface area contributed by atoms with Gasteiger partial charge < -0.3 is 10.4 Å². The van der Waals surface area contributed by atoms with E-state index in [2.05, 4.69) is 5.32 Å². The van der Waals surface area contributed by atoms with Crippen LogP contribution in [-0.4, -0.2) is 39.1 Å². The lowest BCUT2D eigenvalue weighted by atomic mass is 10.1. The second-order valence-corrected chi connectivity index (χ2v) is 5.73. The van der Waals surface area contributed by atoms with Gasteiger partial charge in [-0.05, 0) is 19.2 Å². The van der Waals surface area contributed by atoms with Crippen molar-refractivity contribution in [2.45, 2.75) is 19.1 Å². The normalized spacial score (nSPS) is 13.7. The highest BCUT2D eigenvalue weighted by molar-refractivity contribution is 7.98. The van der Waals surface area contributed by atoms with E-state index in [0.717, 1.165) is 6.07 Å². The molecule has 0 amide bonds. The molecule has 9 heteroatoms. The summed E-state index contributed by atoms with van der Waals surface area (Å²) in [5, 5.41) is 34.5. The number of benzene rings is 1. The van der Waals surface area contributed by atoms with E-state index < -0.39 is 15.4 Å². The summed E-state index contributed by atoms with van der Waals surface area (Å²) in [6.45, 7) is 2.08. The fraction of sp³-hybridized carbons (Fsp3) is 0.500. The van der Waals surface area contributed by atoms with Gasteiger partial charge >= 0.3 is 0 Å². The van der Waals surface area contributed by atoms with E-state index in [1.807, 2.05) is 6.26 Å². The van der Waals surface area contributed by atoms with E-state index >= 15 is 0 Å². The van der Waals surface area contributed by atoms with Crippen LogP contribution in [0.5, 0.6) is 0 Å². The molecule has 1 aromatic rings. The number of nitrogens with zero attached hydrogens (tertiary/aromatic N) is 2. The number of aliphatic hydroxyl groups is 1. The number of rotatable bonds is 8. The van der Waals surface area contributed by atoms with Gasteiger partial charge in [-0.3, -0.25) is 20.2 Å². The molecule has 0 bridgehead atoms. The van der Waals surface area contributed by atoms with Crippen molar-refractivity contribution in [1.29, 1.82) is 0 Å². The number of hydrogen-bond donors (Lipinski definition) is 2. The fourth-order valence-corrected chi connectivity index (χ4v) is 2.54. The molecule has 8 nitrogen and oxygen atoms in total. The van der Waals surface area contributed by atoms with Crippen molar-refractivity contribution in [3.63, 3.8) is 0 Å². The lowest BCUT2D eigenvalue weighted by Crippen LogP contribution is -2.39. The third-order valence-corrected chi connectivity index (χ3v) is 3.66. The number of thioether (sulfide) groups is 1. The predicted octanol–water partition coefficient (Wildman–Crippen LogP) is 1.71. The first-order valence-electron chi connectivity index (χ1n) is 6.10. The maximum atomic E-state index is 11.0. The van der Waals surface area contributed by atoms with E-state index in [0.29, 0.717) is 11.3 Å². The molecule has 0 aliphatic rings. The lowest BCUT2D eigenvalue weighted by Gasteiger charge is -2.22. The van der Waals surface area contributed by atoms with E-state index in [1.54, 1.807) is 6.92 Å². The maximum Gasteiger partial charge on any atom is 0.280 e. The van der Waals surface area contributed by atoms with Crippen molar-refractivity contribution < 1.29 is 15.0 Å². The van der Waals surface area contributed by atoms with Crippen LogP contribution in [0.15, 0.2) is 18.2 Å². The van der Waals surface area contributed by atoms with Crippen LogP contribution in [0, 0.1) is 20.2 Å². The van der Waals surface area contributed by atoms with Crippen LogP contribution in [0.1, 0.15) is 12.5 Å². The van der Waals surface area contributed by atoms with Crippen LogP contribution in [-0.2, 0) is 6.54 Å². The minimum atomic E-state index is -0.922. The van der Waals surface area contributed by atoms with E-state index in [9.17, 15) is 25.3 Å². The van der Waals surface area contributed by atoms with Crippen LogP contribution in [0.4, 0.5) is 11.4 Å². The number of nitro benzene ring substituents is 2. The van der Waals surface area contributed by atoms with Crippen molar-refractivity contribution in [3.8, 4) is 0 Å². The molecule has 116 valence electrons. The third-order valence-electron chi connectivity index (χ3n) is 2.75. The Morgan fingerprint density at radius 2 is 2.00 bits per heavy atom. The topological polar surface area (TPSA) is 119 Å². The first kappa shape index (κ1) is 17.3. The zero-order valence-electron chi connectivity index (χ0n) is 11.7. The Labute approximate surface area is 125 Å². The van der Waals surface area contributed by atoms with Crippen molar-refractivity contribution >= 4 is 23.1 Å². The number of nitrogens with one attached hydrogen (secondary N) is 1. The SMILES string of the molecule is CSCC(C)(O)CNCc1ccc([N+](=O)[O-])cc1[N+](=O)[O-]. The van der Waals surface area contributed by atoms with Gasteiger partial charge in [0.25, 0.3) is 11.4 Å². The molecule has 1 atom stereocenters. The van der Waals surface area contributed by atoms with Crippen LogP contribution >= 0.6 is 11.8 Å². The van der Waals surface area contributed by atoms with Crippen molar-refractivity contribution in [2.24, 2.45) is 0 Å². The molecule has 0 aromatic heterocycles. The summed E-state index contributed by atoms with van der Waals surface area (Å²) in [5.41, 5.74) is -1.21. The monoisotopic (exact) mass is 315 g/mol. The Bertz CT molecular complexity index is 536. The molecule has 1 rings (SSSR count). The third kappa shape index (κ3) is 5.29. The Hall–Kier alpha value is -1.71. The first-order valence-corrected chi connectivity index (χ1v) is 7.50. The molecular weight excluding hydrogens is 298 g/mol. The molecule has 0 aliphatic heterocycles. The first-order chi connectivity index (χ1) is 9.76. The van der Waals surface area contributed by atoms with Crippen molar-refractivity contribution in [2.75, 3.05) is 18.6 Å². The van der Waals surface area contributed by atoms with Crippen LogP contribution < -0.4 is 5.32 Å². The smallest absolute Gasteiger partial charge is 0.280 e. The molecule has 0 spiro atoms. The minimum absolute atomic E-state index is 0.152. The summed E-state index contributed by atoms with van der Waals surface area (Å²) in [6, 6.07) is 3.52. The van der Waals surface area contributed by atoms with Gasteiger partial charge in [-0.25, -0.2) is 0 Å². The van der Waals surface area contributed by atoms with Gasteiger partial charge in [-0.1, -0.05) is 0 Å². The second kappa shape index (κ2) is 7.34. The Balaban J connectivity index is 2.79. The molecule has 0 heterocycles. The van der Waals surface area contributed by atoms with Crippen molar-refractivity contribution in [1.82, 2.24) is 5.32 Å². The number of hydrogen-bond acceptors (Lipinski definition) is 7. The zero-order chi connectivity index (χ0) is 16.0. The van der Waals surface area contributed by atoms with Gasteiger partial charge in [0.1, 0.15) is 0 Å². The molecule has 1 aromatic carbocycles. The quantitative estimate of drug-likeness (QED) is 0.553. The molecule has 1 unspecified atom stereocenters. The largest absolute Gasteiger partial charge is 0.388 e. The van der Waals surface area contributed by atoms with Crippen LogP contribution in [0.2, 0.25) is 0 Å². The second-order valence-electron chi connectivity index (χ2n) is 4.86. The Morgan fingerprint density at radius 1 is 1.33 bits per heavy atom. The van der Waals surface area contributed by atoms with E-state index in [4.69, 9.17) is 0 Å². The maximum absolute atomic E-state index is 11.0. The molecule has 0 aliphatic carbocycles. The molecule has 0 saturated carbocycles. The molecule has 21 heavy (non-hydrogen) atoms. The molecular formula is C12H17N3O5S. The van der Waals surface area contributed by atoms with E-state index in [-0.39, 0.29) is 24.5 Å². The van der Waals surface area contributed by atoms with Crippen molar-refractivity contribution in [3.05, 3.63) is 44.0 Å². The van der Waals surface area contributed by atoms with Gasteiger partial charge in [0.2, 0.25) is 0 Å². The summed E-state index contributed by atoms with van der Waals surface area (Å²) in [6.07, 6.45) is 1.87. The highest BCUT2D eigenvalue weighted by Crippen LogP contribution is 2.24. The number of nitro groups is 2. The van der Waals surface area contributed by atoms with Gasteiger partial charge in [-0.15, -0.1) is 0 Å². The lowest BCUT2D eigenvalue weighted by molar-refractivity contribution is -0.394. The average molecular weight is 315 g/mol. The zero-order valence-corrected chi connectivity index (χ0v) is 12.6. The van der Waals surface area contributed by atoms with E-state index in [1.165, 1.54) is 23.9 Å². The van der Waals surface area contributed by atoms with Gasteiger partial charge in [0.05, 0.1) is 21.5 Å². The summed E-state index contributed by atoms with van der Waals surface area (Å²) >= 11 is 1.49. The summed E-state index contributed by atoms with van der Waals surface area (Å²) in [7, 11) is 0. The van der Waals surface area contributed by atoms with Gasteiger partial charge in [0.15, 0.2) is 0 Å². The summed E-state index contributed by atoms with van der Waals surface area (Å²) in [5.74, 6) is 0.530. The minimum Gasteiger partial charge on any atom is -0.388 e. The average Bonchev–Trinajstić information content (AvgIpc) is 2.38. The highest BCUT2D eigenvalue weighted by Gasteiger charge is 2.22. The van der Waals surface area contributed by atoms with Gasteiger partial charge in [0, 0.05) is 30.5 Å². The molecule has 0 radical (unpaired) electrons. The predicted molar refractivity (Wildman–Crippen MR) is 80.5 cm³/mol. The fourth-order valence-electron chi connectivity index (χ4n) is 1.81. The molecule has 0 saturated heterocycles. The van der Waals surface area contributed by atoms with Gasteiger partial charge in [-0.2, -0.15) is 11.8 Å². The molecule has 0 fully saturated rings. The Kier molecular flexibility index (Phi) is 6.06. The highest BCUT2D eigenvalue weighted by atomic mass is 32.2. The number of non-ortho nitro benzene ring substituents is 1.